The highest BCUT2D eigenvalue weighted by atomic mass is 15.0. The summed E-state index contributed by atoms with van der Waals surface area (Å²) in [5.74, 6) is 0.711. The van der Waals surface area contributed by atoms with Crippen molar-refractivity contribution < 1.29 is 0 Å². The Bertz CT molecular complexity index is 575. The molecule has 0 saturated heterocycles. The van der Waals surface area contributed by atoms with Crippen LogP contribution in [0.2, 0.25) is 0 Å². The van der Waals surface area contributed by atoms with E-state index in [-0.39, 0.29) is 0 Å². The predicted octanol–water partition coefficient (Wildman–Crippen LogP) is 9.04. The lowest BCUT2D eigenvalue weighted by Crippen LogP contribution is -2.00. The Morgan fingerprint density at radius 1 is 0.600 bits per heavy atom. The molecule has 0 radical (unpaired) electrons. The van der Waals surface area contributed by atoms with Gasteiger partial charge in [-0.15, -0.1) is 9.98 Å². The van der Waals surface area contributed by atoms with Crippen LogP contribution in [0, 0.1) is 6.17 Å². The van der Waals surface area contributed by atoms with Crippen LogP contribution in [0.4, 0.5) is 0 Å². The van der Waals surface area contributed by atoms with Gasteiger partial charge in [-0.05, 0) is 36.5 Å². The molecular formula is C28H45N2+. The molecule has 2 heteroatoms. The first-order valence-electron chi connectivity index (χ1n) is 12.9. The zero-order valence-electron chi connectivity index (χ0n) is 19.7. The summed E-state index contributed by atoms with van der Waals surface area (Å²) in [5.41, 5.74) is 2.63. The number of nitrogens with zero attached hydrogens (tertiary/aromatic N) is 2. The minimum Gasteiger partial charge on any atom is -0.147 e. The van der Waals surface area contributed by atoms with Crippen LogP contribution in [0.1, 0.15) is 134 Å². The molecule has 0 N–H and O–H groups in total. The third-order valence-electron chi connectivity index (χ3n) is 6.41. The van der Waals surface area contributed by atoms with E-state index in [1.807, 2.05) is 0 Å². The average Bonchev–Trinajstić information content (AvgIpc) is 3.32. The second-order valence-corrected chi connectivity index (χ2v) is 9.02. The van der Waals surface area contributed by atoms with E-state index < -0.39 is 0 Å². The molecule has 30 heavy (non-hydrogen) atoms. The molecule has 0 aromatic heterocycles. The van der Waals surface area contributed by atoms with Crippen LogP contribution in [0.15, 0.2) is 34.3 Å². The fourth-order valence-corrected chi connectivity index (χ4v) is 4.45. The van der Waals surface area contributed by atoms with Crippen LogP contribution in [0.3, 0.4) is 0 Å². The number of unbranched alkanes of at least 4 members (excludes halogenated alkanes) is 12. The fraction of sp³-hybridized carbons (Fsp3) is 0.679. The summed E-state index contributed by atoms with van der Waals surface area (Å²) in [6, 6.07) is 9.02. The van der Waals surface area contributed by atoms with E-state index in [1.54, 1.807) is 12.4 Å². The van der Waals surface area contributed by atoms with Gasteiger partial charge in [-0.1, -0.05) is 104 Å². The Hall–Kier alpha value is -1.57. The third kappa shape index (κ3) is 9.96. The van der Waals surface area contributed by atoms with Gasteiger partial charge in [0.05, 0.1) is 0 Å². The van der Waals surface area contributed by atoms with Crippen LogP contribution in [-0.2, 0) is 0 Å². The molecule has 0 fully saturated rings. The Kier molecular flexibility index (Phi) is 13.3. The summed E-state index contributed by atoms with van der Waals surface area (Å²) in [6.45, 7) is 4.60. The minimum atomic E-state index is 0.711. The first-order chi connectivity index (χ1) is 14.8. The smallest absolute Gasteiger partial charge is 0.147 e. The van der Waals surface area contributed by atoms with Gasteiger partial charge in [-0.25, -0.2) is 0 Å². The SMILES string of the molecule is CCCCCCCCCCCCCCC(CCCC)c1ccc([C+]2N=CC=N2)cc1. The standard InChI is InChI=1S/C28H45N2/c1-3-5-7-8-9-10-11-12-13-14-15-16-18-25(17-6-4-2)26-19-21-27(22-20-26)28-29-23-24-30-28/h19-25H,3-18H2,1-2H3/q+1. The Morgan fingerprint density at radius 3 is 1.60 bits per heavy atom. The van der Waals surface area contributed by atoms with E-state index in [1.165, 1.54) is 108 Å². The van der Waals surface area contributed by atoms with Crippen molar-refractivity contribution in [3.63, 3.8) is 0 Å². The molecule has 1 aromatic rings. The summed E-state index contributed by atoms with van der Waals surface area (Å²) < 4.78 is 0. The minimum absolute atomic E-state index is 0.711. The van der Waals surface area contributed by atoms with Crippen molar-refractivity contribution >= 4 is 12.4 Å². The number of benzene rings is 1. The van der Waals surface area contributed by atoms with Crippen LogP contribution >= 0.6 is 0 Å². The third-order valence-corrected chi connectivity index (χ3v) is 6.41. The summed E-state index contributed by atoms with van der Waals surface area (Å²) in [6.07, 6.45) is 26.7. The lowest BCUT2D eigenvalue weighted by Gasteiger charge is -2.17. The van der Waals surface area contributed by atoms with Gasteiger partial charge in [-0.2, -0.15) is 0 Å². The molecule has 0 saturated carbocycles. The Morgan fingerprint density at radius 2 is 1.07 bits per heavy atom. The van der Waals surface area contributed by atoms with E-state index in [9.17, 15) is 0 Å². The molecule has 1 unspecified atom stereocenters. The normalized spacial score (nSPS) is 14.0. The van der Waals surface area contributed by atoms with Gasteiger partial charge in [0.25, 0.3) is 0 Å². The average molecular weight is 410 g/mol. The zero-order valence-corrected chi connectivity index (χ0v) is 19.7. The first-order valence-corrected chi connectivity index (χ1v) is 12.9. The molecule has 2 rings (SSSR count). The van der Waals surface area contributed by atoms with E-state index >= 15 is 0 Å². The molecule has 0 bridgehead atoms. The van der Waals surface area contributed by atoms with Crippen molar-refractivity contribution in [2.75, 3.05) is 0 Å². The highest BCUT2D eigenvalue weighted by Crippen LogP contribution is 2.30. The van der Waals surface area contributed by atoms with Gasteiger partial charge >= 0.3 is 0 Å². The summed E-state index contributed by atoms with van der Waals surface area (Å²) in [5, 5.41) is 0. The zero-order chi connectivity index (χ0) is 21.3. The monoisotopic (exact) mass is 409 g/mol. The quantitative estimate of drug-likeness (QED) is 0.171. The van der Waals surface area contributed by atoms with E-state index in [0.717, 1.165) is 11.7 Å². The predicted molar refractivity (Wildman–Crippen MR) is 134 cm³/mol. The van der Waals surface area contributed by atoms with E-state index in [4.69, 9.17) is 0 Å². The molecule has 0 spiro atoms. The number of hydrogen-bond donors (Lipinski definition) is 0. The molecule has 1 aliphatic rings. The van der Waals surface area contributed by atoms with Crippen molar-refractivity contribution in [2.24, 2.45) is 9.98 Å². The van der Waals surface area contributed by atoms with Gasteiger partial charge in [0.1, 0.15) is 18.0 Å². The molecule has 0 amide bonds. The van der Waals surface area contributed by atoms with Crippen molar-refractivity contribution in [1.82, 2.24) is 0 Å². The Labute approximate surface area is 186 Å². The molecule has 1 atom stereocenters. The van der Waals surface area contributed by atoms with Crippen LogP contribution in [0.25, 0.3) is 0 Å². The van der Waals surface area contributed by atoms with Crippen molar-refractivity contribution in [3.05, 3.63) is 41.6 Å². The number of aliphatic imine (C=N–C) groups is 2. The first kappa shape index (κ1) is 24.7. The lowest BCUT2D eigenvalue weighted by atomic mass is 9.88. The van der Waals surface area contributed by atoms with Crippen LogP contribution in [0.5, 0.6) is 0 Å². The fourth-order valence-electron chi connectivity index (χ4n) is 4.45. The summed E-state index contributed by atoms with van der Waals surface area (Å²) in [4.78, 5) is 8.63. The van der Waals surface area contributed by atoms with E-state index in [0.29, 0.717) is 5.92 Å². The van der Waals surface area contributed by atoms with E-state index in [2.05, 4.69) is 48.1 Å². The second kappa shape index (κ2) is 16.2. The molecule has 2 nitrogen and oxygen atoms in total. The largest absolute Gasteiger partial charge is 0.243 e. The number of rotatable bonds is 18. The van der Waals surface area contributed by atoms with Gasteiger partial charge in [-0.3, -0.25) is 0 Å². The van der Waals surface area contributed by atoms with Gasteiger partial charge in [0.15, 0.2) is 0 Å². The van der Waals surface area contributed by atoms with Gasteiger partial charge in [0.2, 0.25) is 6.17 Å². The topological polar surface area (TPSA) is 24.7 Å². The lowest BCUT2D eigenvalue weighted by molar-refractivity contribution is 0.495. The molecule has 1 aromatic carbocycles. The molecule has 0 aliphatic carbocycles. The van der Waals surface area contributed by atoms with Crippen LogP contribution < -0.4 is 0 Å². The molecule has 1 aliphatic heterocycles. The van der Waals surface area contributed by atoms with Crippen molar-refractivity contribution in [1.29, 1.82) is 0 Å². The number of hydrogen-bond acceptors (Lipinski definition) is 2. The second-order valence-electron chi connectivity index (χ2n) is 9.02. The maximum atomic E-state index is 4.31. The molecular weight excluding hydrogens is 364 g/mol. The summed E-state index contributed by atoms with van der Waals surface area (Å²) in [7, 11) is 0. The van der Waals surface area contributed by atoms with Gasteiger partial charge < -0.3 is 0 Å². The van der Waals surface area contributed by atoms with Crippen LogP contribution in [-0.4, -0.2) is 12.4 Å². The highest BCUT2D eigenvalue weighted by Gasteiger charge is 2.19. The molecule has 1 heterocycles. The van der Waals surface area contributed by atoms with Gasteiger partial charge in [0, 0.05) is 12.1 Å². The van der Waals surface area contributed by atoms with Crippen molar-refractivity contribution in [2.45, 2.75) is 122 Å². The maximum absolute atomic E-state index is 4.31. The summed E-state index contributed by atoms with van der Waals surface area (Å²) >= 11 is 0. The molecule has 166 valence electrons. The maximum Gasteiger partial charge on any atom is 0.243 e. The van der Waals surface area contributed by atoms with Crippen molar-refractivity contribution in [3.8, 4) is 0 Å². The Balaban J connectivity index is 1.60. The highest BCUT2D eigenvalue weighted by molar-refractivity contribution is 6.18.